The van der Waals surface area contributed by atoms with Crippen molar-refractivity contribution in [2.24, 2.45) is 0 Å². The molecule has 4 rings (SSSR count). The Morgan fingerprint density at radius 2 is 1.79 bits per heavy atom. The highest BCUT2D eigenvalue weighted by Gasteiger charge is 2.33. The predicted molar refractivity (Wildman–Crippen MR) is 112 cm³/mol. The van der Waals surface area contributed by atoms with Crippen molar-refractivity contribution < 1.29 is 36.6 Å². The number of aromatic nitrogens is 2. The number of H-pyrrole nitrogens is 1. The second-order valence-corrected chi connectivity index (χ2v) is 7.28. The van der Waals surface area contributed by atoms with Gasteiger partial charge < -0.3 is 19.4 Å². The number of carboxylic acids is 1. The van der Waals surface area contributed by atoms with Gasteiger partial charge in [0.15, 0.2) is 0 Å². The van der Waals surface area contributed by atoms with Gasteiger partial charge in [0, 0.05) is 34.8 Å². The molecule has 0 bridgehead atoms. The van der Waals surface area contributed by atoms with E-state index in [2.05, 4.69) is 9.72 Å². The Hall–Kier alpha value is -4.15. The fourth-order valence-electron chi connectivity index (χ4n) is 3.77. The Morgan fingerprint density at radius 3 is 2.38 bits per heavy atom. The van der Waals surface area contributed by atoms with Crippen LogP contribution in [0, 0.1) is 0 Å². The number of pyridine rings is 1. The van der Waals surface area contributed by atoms with E-state index in [4.69, 9.17) is 0 Å². The maximum Gasteiger partial charge on any atom is 0.416 e. The molecular weight excluding hydrogens is 463 g/mol. The molecule has 0 aliphatic rings. The summed E-state index contributed by atoms with van der Waals surface area (Å²) in [6.45, 7) is -3.14. The van der Waals surface area contributed by atoms with Crippen molar-refractivity contribution in [3.05, 3.63) is 88.0 Å². The summed E-state index contributed by atoms with van der Waals surface area (Å²) in [6.07, 6.45) is -3.38. The van der Waals surface area contributed by atoms with Gasteiger partial charge in [0.25, 0.3) is 5.56 Å². The van der Waals surface area contributed by atoms with Crippen molar-refractivity contribution in [2.45, 2.75) is 19.3 Å². The molecule has 0 aliphatic heterocycles. The third kappa shape index (κ3) is 4.36. The molecule has 0 spiro atoms. The Balaban J connectivity index is 1.96. The van der Waals surface area contributed by atoms with E-state index in [9.17, 15) is 36.6 Å². The number of alkyl halides is 5. The van der Waals surface area contributed by atoms with Crippen molar-refractivity contribution in [1.29, 1.82) is 0 Å². The quantitative estimate of drug-likeness (QED) is 0.366. The van der Waals surface area contributed by atoms with Crippen LogP contribution in [0.4, 0.5) is 22.0 Å². The lowest BCUT2D eigenvalue weighted by atomic mass is 10.0. The zero-order valence-electron chi connectivity index (χ0n) is 17.1. The smallest absolute Gasteiger partial charge is 0.416 e. The maximum absolute atomic E-state index is 13.4. The summed E-state index contributed by atoms with van der Waals surface area (Å²) in [5.74, 6) is -1.57. The Morgan fingerprint density at radius 1 is 1.09 bits per heavy atom. The zero-order chi connectivity index (χ0) is 24.6. The maximum atomic E-state index is 13.4. The number of halogens is 5. The molecule has 0 saturated heterocycles. The Kier molecular flexibility index (Phi) is 5.86. The lowest BCUT2D eigenvalue weighted by molar-refractivity contribution is -0.137. The zero-order valence-corrected chi connectivity index (χ0v) is 17.1. The summed E-state index contributed by atoms with van der Waals surface area (Å²) in [6, 6.07) is 10.9. The van der Waals surface area contributed by atoms with Crippen LogP contribution in [-0.4, -0.2) is 27.2 Å². The first-order valence-corrected chi connectivity index (χ1v) is 9.75. The molecule has 2 aromatic heterocycles. The van der Waals surface area contributed by atoms with Crippen LogP contribution in [0.3, 0.4) is 0 Å². The van der Waals surface area contributed by atoms with Crippen LogP contribution in [0.1, 0.15) is 21.6 Å². The van der Waals surface area contributed by atoms with E-state index >= 15 is 0 Å². The molecule has 2 heterocycles. The van der Waals surface area contributed by atoms with Gasteiger partial charge in [-0.1, -0.05) is 12.1 Å². The molecule has 34 heavy (non-hydrogen) atoms. The number of fused-ring (bicyclic) bond motifs is 1. The summed E-state index contributed by atoms with van der Waals surface area (Å²) < 4.78 is 70.6. The van der Waals surface area contributed by atoms with Crippen LogP contribution >= 0.6 is 0 Å². The molecule has 0 fully saturated rings. The number of nitrogens with one attached hydrogen (secondary N) is 1. The SMILES string of the molecule is O=C(O)c1c(-c2ccc[nH]c2=O)c2cc(C(F)(F)F)ccc2n1Cc1ccc(OC(F)F)cc1. The van der Waals surface area contributed by atoms with Crippen molar-refractivity contribution in [3.8, 4) is 16.9 Å². The van der Waals surface area contributed by atoms with E-state index in [0.29, 0.717) is 5.56 Å². The first kappa shape index (κ1) is 23.0. The minimum Gasteiger partial charge on any atom is -0.477 e. The second-order valence-electron chi connectivity index (χ2n) is 7.28. The standard InChI is InChI=1S/C23H15F5N2O4/c24-22(25)34-14-6-3-12(4-7-14)11-30-17-8-5-13(23(26,27)28)10-16(17)18(19(30)21(32)33)15-2-1-9-29-20(15)31/h1-10,22H,11H2,(H,29,31)(H,32,33). The van der Waals surface area contributed by atoms with Gasteiger partial charge in [0.05, 0.1) is 5.56 Å². The minimum atomic E-state index is -4.69. The Bertz CT molecular complexity index is 1420. The summed E-state index contributed by atoms with van der Waals surface area (Å²) in [7, 11) is 0. The van der Waals surface area contributed by atoms with Gasteiger partial charge >= 0.3 is 18.8 Å². The number of aromatic amines is 1. The molecule has 0 atom stereocenters. The monoisotopic (exact) mass is 478 g/mol. The fraction of sp³-hybridized carbons (Fsp3) is 0.130. The predicted octanol–water partition coefficient (Wildman–Crippen LogP) is 5.36. The molecule has 0 radical (unpaired) electrons. The summed E-state index contributed by atoms with van der Waals surface area (Å²) in [5.41, 5.74) is -1.71. The molecule has 4 aromatic rings. The van der Waals surface area contributed by atoms with Crippen LogP contribution in [0.2, 0.25) is 0 Å². The summed E-state index contributed by atoms with van der Waals surface area (Å²) >= 11 is 0. The molecule has 2 aromatic carbocycles. The van der Waals surface area contributed by atoms with Crippen LogP contribution in [-0.2, 0) is 12.7 Å². The van der Waals surface area contributed by atoms with E-state index in [-0.39, 0.29) is 40.0 Å². The highest BCUT2D eigenvalue weighted by molar-refractivity contribution is 6.08. The molecular formula is C23H15F5N2O4. The number of hydrogen-bond acceptors (Lipinski definition) is 3. The second kappa shape index (κ2) is 8.65. The minimum absolute atomic E-state index is 0.0680. The van der Waals surface area contributed by atoms with E-state index in [0.717, 1.165) is 18.2 Å². The lowest BCUT2D eigenvalue weighted by Gasteiger charge is -2.11. The molecule has 2 N–H and O–H groups in total. The molecule has 0 saturated carbocycles. The molecule has 176 valence electrons. The average molecular weight is 478 g/mol. The highest BCUT2D eigenvalue weighted by Crippen LogP contribution is 2.38. The van der Waals surface area contributed by atoms with Gasteiger partial charge in [-0.15, -0.1) is 0 Å². The van der Waals surface area contributed by atoms with E-state index in [1.165, 1.54) is 47.2 Å². The van der Waals surface area contributed by atoms with Crippen LogP contribution in [0.15, 0.2) is 65.6 Å². The van der Waals surface area contributed by atoms with Crippen LogP contribution in [0.25, 0.3) is 22.0 Å². The third-order valence-electron chi connectivity index (χ3n) is 5.17. The van der Waals surface area contributed by atoms with Gasteiger partial charge in [-0.3, -0.25) is 4.79 Å². The topological polar surface area (TPSA) is 84.3 Å². The van der Waals surface area contributed by atoms with Gasteiger partial charge in [-0.25, -0.2) is 4.79 Å². The number of ether oxygens (including phenoxy) is 1. The van der Waals surface area contributed by atoms with E-state index < -0.39 is 29.9 Å². The van der Waals surface area contributed by atoms with Crippen molar-refractivity contribution in [3.63, 3.8) is 0 Å². The molecule has 11 heteroatoms. The number of carbonyl (C=O) groups is 1. The number of carboxylic acid groups (broad SMARTS) is 1. The lowest BCUT2D eigenvalue weighted by Crippen LogP contribution is -2.13. The molecule has 0 aliphatic carbocycles. The number of rotatable bonds is 6. The summed E-state index contributed by atoms with van der Waals surface area (Å²) in [5, 5.41) is 9.92. The number of nitrogens with zero attached hydrogens (tertiary/aromatic N) is 1. The van der Waals surface area contributed by atoms with Gasteiger partial charge in [0.2, 0.25) is 0 Å². The van der Waals surface area contributed by atoms with Crippen LogP contribution < -0.4 is 10.3 Å². The van der Waals surface area contributed by atoms with Crippen LogP contribution in [0.5, 0.6) is 5.75 Å². The Labute approximate surface area is 187 Å². The third-order valence-corrected chi connectivity index (χ3v) is 5.17. The number of hydrogen-bond donors (Lipinski definition) is 2. The normalized spacial score (nSPS) is 11.8. The highest BCUT2D eigenvalue weighted by atomic mass is 19.4. The van der Waals surface area contributed by atoms with Crippen molar-refractivity contribution in [2.75, 3.05) is 0 Å². The fourth-order valence-corrected chi connectivity index (χ4v) is 3.77. The largest absolute Gasteiger partial charge is 0.477 e. The first-order valence-electron chi connectivity index (χ1n) is 9.75. The van der Waals surface area contributed by atoms with Gasteiger partial charge in [-0.05, 0) is 48.0 Å². The molecule has 0 amide bonds. The first-order chi connectivity index (χ1) is 16.1. The molecule has 6 nitrogen and oxygen atoms in total. The van der Waals surface area contributed by atoms with Gasteiger partial charge in [0.1, 0.15) is 11.4 Å². The number of aromatic carboxylic acids is 1. The molecule has 0 unspecified atom stereocenters. The van der Waals surface area contributed by atoms with Crippen molar-refractivity contribution >= 4 is 16.9 Å². The van der Waals surface area contributed by atoms with E-state index in [1.807, 2.05) is 0 Å². The number of benzene rings is 2. The average Bonchev–Trinajstić information content (AvgIpc) is 3.08. The van der Waals surface area contributed by atoms with E-state index in [1.54, 1.807) is 0 Å². The summed E-state index contributed by atoms with van der Waals surface area (Å²) in [4.78, 5) is 27.1. The van der Waals surface area contributed by atoms with Gasteiger partial charge in [-0.2, -0.15) is 22.0 Å². The van der Waals surface area contributed by atoms with Crippen molar-refractivity contribution in [1.82, 2.24) is 9.55 Å².